The Bertz CT molecular complexity index is 179. The van der Waals surface area contributed by atoms with Crippen molar-refractivity contribution in [1.82, 2.24) is 5.32 Å². The van der Waals surface area contributed by atoms with Crippen LogP contribution in [-0.4, -0.2) is 12.6 Å². The lowest BCUT2D eigenvalue weighted by molar-refractivity contribution is 0.340. The van der Waals surface area contributed by atoms with Crippen LogP contribution in [0.25, 0.3) is 0 Å². The monoisotopic (exact) mass is 165 g/mol. The van der Waals surface area contributed by atoms with Gasteiger partial charge in [0.05, 0.1) is 0 Å². The maximum Gasteiger partial charge on any atom is 0.00685 e. The van der Waals surface area contributed by atoms with Crippen molar-refractivity contribution in [2.75, 3.05) is 6.54 Å². The first-order chi connectivity index (χ1) is 5.74. The molecule has 2 aliphatic carbocycles. The maximum atomic E-state index is 3.95. The van der Waals surface area contributed by atoms with E-state index in [2.05, 4.69) is 24.9 Å². The molecule has 0 aromatic carbocycles. The Kier molecular flexibility index (Phi) is 1.99. The largest absolute Gasteiger partial charge is 0.313 e. The van der Waals surface area contributed by atoms with Crippen LogP contribution in [0.2, 0.25) is 0 Å². The molecular formula is C11H19N. The molecular weight excluding hydrogens is 146 g/mol. The van der Waals surface area contributed by atoms with Crippen LogP contribution < -0.4 is 5.32 Å². The first-order valence-corrected chi connectivity index (χ1v) is 5.11. The van der Waals surface area contributed by atoms with Gasteiger partial charge in [0.15, 0.2) is 0 Å². The molecule has 0 aliphatic heterocycles. The highest BCUT2D eigenvalue weighted by Crippen LogP contribution is 2.46. The molecule has 68 valence electrons. The summed E-state index contributed by atoms with van der Waals surface area (Å²) < 4.78 is 0. The summed E-state index contributed by atoms with van der Waals surface area (Å²) >= 11 is 0. The van der Waals surface area contributed by atoms with E-state index in [-0.39, 0.29) is 0 Å². The van der Waals surface area contributed by atoms with E-state index >= 15 is 0 Å². The van der Waals surface area contributed by atoms with Crippen LogP contribution in [0.15, 0.2) is 12.7 Å². The fraction of sp³-hybridized carbons (Fsp3) is 0.818. The fourth-order valence-corrected chi connectivity index (χ4v) is 1.78. The minimum Gasteiger partial charge on any atom is -0.313 e. The second-order valence-corrected chi connectivity index (χ2v) is 4.64. The van der Waals surface area contributed by atoms with Gasteiger partial charge in [0.25, 0.3) is 0 Å². The van der Waals surface area contributed by atoms with E-state index in [1.165, 1.54) is 25.7 Å². The van der Waals surface area contributed by atoms with Crippen molar-refractivity contribution in [3.63, 3.8) is 0 Å². The highest BCUT2D eigenvalue weighted by Gasteiger charge is 2.39. The Morgan fingerprint density at radius 2 is 2.08 bits per heavy atom. The van der Waals surface area contributed by atoms with Gasteiger partial charge in [0, 0.05) is 18.0 Å². The standard InChI is InChI=1S/C11H19N/c1-3-11(2,9-4-5-9)8-12-10-6-7-10/h3,9-10,12H,1,4-8H2,2H3. The van der Waals surface area contributed by atoms with Gasteiger partial charge in [-0.2, -0.15) is 0 Å². The van der Waals surface area contributed by atoms with Gasteiger partial charge >= 0.3 is 0 Å². The molecule has 0 aromatic rings. The second kappa shape index (κ2) is 2.88. The third kappa shape index (κ3) is 1.71. The third-order valence-corrected chi connectivity index (χ3v) is 3.33. The van der Waals surface area contributed by atoms with Gasteiger partial charge in [0.2, 0.25) is 0 Å². The van der Waals surface area contributed by atoms with E-state index in [1.54, 1.807) is 0 Å². The Labute approximate surface area is 75.2 Å². The molecule has 0 amide bonds. The normalized spacial score (nSPS) is 28.1. The second-order valence-electron chi connectivity index (χ2n) is 4.64. The molecule has 2 rings (SSSR count). The highest BCUT2D eigenvalue weighted by molar-refractivity contribution is 5.03. The molecule has 0 heterocycles. The molecule has 12 heavy (non-hydrogen) atoms. The lowest BCUT2D eigenvalue weighted by atomic mass is 9.85. The Balaban J connectivity index is 1.82. The molecule has 0 spiro atoms. The van der Waals surface area contributed by atoms with Crippen molar-refractivity contribution in [2.45, 2.75) is 38.6 Å². The summed E-state index contributed by atoms with van der Waals surface area (Å²) in [6.45, 7) is 7.44. The molecule has 2 saturated carbocycles. The molecule has 0 radical (unpaired) electrons. The van der Waals surface area contributed by atoms with E-state index in [9.17, 15) is 0 Å². The van der Waals surface area contributed by atoms with Crippen LogP contribution >= 0.6 is 0 Å². The van der Waals surface area contributed by atoms with E-state index in [1.807, 2.05) is 0 Å². The fourth-order valence-electron chi connectivity index (χ4n) is 1.78. The average Bonchev–Trinajstić information content (AvgIpc) is 2.88. The first kappa shape index (κ1) is 8.31. The van der Waals surface area contributed by atoms with E-state index in [0.29, 0.717) is 5.41 Å². The smallest absolute Gasteiger partial charge is 0.00685 e. The number of hydrogen-bond donors (Lipinski definition) is 1. The van der Waals surface area contributed by atoms with Crippen LogP contribution in [0, 0.1) is 11.3 Å². The summed E-state index contributed by atoms with van der Waals surface area (Å²) in [5.74, 6) is 0.918. The number of hydrogen-bond acceptors (Lipinski definition) is 1. The summed E-state index contributed by atoms with van der Waals surface area (Å²) in [7, 11) is 0. The zero-order valence-corrected chi connectivity index (χ0v) is 7.97. The molecule has 2 aliphatic rings. The summed E-state index contributed by atoms with van der Waals surface area (Å²) in [6, 6.07) is 0.836. The van der Waals surface area contributed by atoms with Crippen molar-refractivity contribution in [2.24, 2.45) is 11.3 Å². The number of nitrogens with one attached hydrogen (secondary N) is 1. The minimum absolute atomic E-state index is 0.378. The summed E-state index contributed by atoms with van der Waals surface area (Å²) in [4.78, 5) is 0. The predicted molar refractivity (Wildman–Crippen MR) is 52.1 cm³/mol. The summed E-state index contributed by atoms with van der Waals surface area (Å²) in [5.41, 5.74) is 0.378. The molecule has 0 aromatic heterocycles. The minimum atomic E-state index is 0.378. The van der Waals surface area contributed by atoms with Gasteiger partial charge in [-0.05, 0) is 31.6 Å². The molecule has 1 heteroatoms. The quantitative estimate of drug-likeness (QED) is 0.617. The molecule has 1 nitrogen and oxygen atoms in total. The van der Waals surface area contributed by atoms with Crippen LogP contribution in [0.4, 0.5) is 0 Å². The Morgan fingerprint density at radius 3 is 2.50 bits per heavy atom. The molecule has 2 fully saturated rings. The van der Waals surface area contributed by atoms with Crippen molar-refractivity contribution in [1.29, 1.82) is 0 Å². The van der Waals surface area contributed by atoms with Crippen molar-refractivity contribution >= 4 is 0 Å². The van der Waals surface area contributed by atoms with Gasteiger partial charge in [0.1, 0.15) is 0 Å². The van der Waals surface area contributed by atoms with Crippen molar-refractivity contribution in [3.05, 3.63) is 12.7 Å². The van der Waals surface area contributed by atoms with Crippen LogP contribution in [0.3, 0.4) is 0 Å². The SMILES string of the molecule is C=CC(C)(CNC1CC1)C1CC1. The van der Waals surface area contributed by atoms with Gasteiger partial charge < -0.3 is 5.32 Å². The van der Waals surface area contributed by atoms with E-state index < -0.39 is 0 Å². The molecule has 1 atom stereocenters. The van der Waals surface area contributed by atoms with Crippen LogP contribution in [-0.2, 0) is 0 Å². The van der Waals surface area contributed by atoms with Crippen LogP contribution in [0.1, 0.15) is 32.6 Å². The lowest BCUT2D eigenvalue weighted by Gasteiger charge is -2.25. The predicted octanol–water partition coefficient (Wildman–Crippen LogP) is 2.34. The molecule has 0 bridgehead atoms. The zero-order chi connectivity index (χ0) is 8.60. The van der Waals surface area contributed by atoms with E-state index in [0.717, 1.165) is 18.5 Å². The third-order valence-electron chi connectivity index (χ3n) is 3.33. The number of rotatable bonds is 5. The average molecular weight is 165 g/mol. The van der Waals surface area contributed by atoms with Gasteiger partial charge in [-0.15, -0.1) is 6.58 Å². The van der Waals surface area contributed by atoms with Gasteiger partial charge in [-0.25, -0.2) is 0 Å². The molecule has 0 saturated heterocycles. The summed E-state index contributed by atoms with van der Waals surface area (Å²) in [6.07, 6.45) is 7.75. The van der Waals surface area contributed by atoms with Crippen LogP contribution in [0.5, 0.6) is 0 Å². The Hall–Kier alpha value is -0.300. The van der Waals surface area contributed by atoms with Gasteiger partial charge in [-0.3, -0.25) is 0 Å². The highest BCUT2D eigenvalue weighted by atomic mass is 15.0. The lowest BCUT2D eigenvalue weighted by Crippen LogP contribution is -2.33. The van der Waals surface area contributed by atoms with Crippen molar-refractivity contribution in [3.8, 4) is 0 Å². The topological polar surface area (TPSA) is 12.0 Å². The van der Waals surface area contributed by atoms with E-state index in [4.69, 9.17) is 0 Å². The Morgan fingerprint density at radius 1 is 1.42 bits per heavy atom. The molecule has 1 unspecified atom stereocenters. The van der Waals surface area contributed by atoms with Gasteiger partial charge in [-0.1, -0.05) is 13.0 Å². The maximum absolute atomic E-state index is 3.95. The summed E-state index contributed by atoms with van der Waals surface area (Å²) in [5, 5.41) is 3.60. The first-order valence-electron chi connectivity index (χ1n) is 5.11. The zero-order valence-electron chi connectivity index (χ0n) is 7.97. The van der Waals surface area contributed by atoms with Crippen molar-refractivity contribution < 1.29 is 0 Å². The molecule has 1 N–H and O–H groups in total.